The lowest BCUT2D eigenvalue weighted by molar-refractivity contribution is -0.149. The van der Waals surface area contributed by atoms with Crippen LogP contribution in [-0.4, -0.2) is 41.9 Å². The summed E-state index contributed by atoms with van der Waals surface area (Å²) in [5.74, 6) is 0.161. The normalized spacial score (nSPS) is 25.6. The molecule has 0 unspecified atom stereocenters. The zero-order valence-electron chi connectivity index (χ0n) is 15.1. The van der Waals surface area contributed by atoms with Crippen molar-refractivity contribution in [1.29, 1.82) is 0 Å². The molecule has 2 amide bonds. The fourth-order valence-electron chi connectivity index (χ4n) is 4.07. The number of ether oxygens (including phenoxy) is 1. The summed E-state index contributed by atoms with van der Waals surface area (Å²) < 4.78 is 6.06. The Labute approximate surface area is 149 Å². The molecule has 0 spiro atoms. The highest BCUT2D eigenvalue weighted by Gasteiger charge is 2.37. The summed E-state index contributed by atoms with van der Waals surface area (Å²) in [6.45, 7) is 4.60. The van der Waals surface area contributed by atoms with Crippen molar-refractivity contribution in [2.75, 3.05) is 13.1 Å². The molecule has 3 atom stereocenters. The van der Waals surface area contributed by atoms with E-state index in [-0.39, 0.29) is 29.9 Å². The Hall–Kier alpha value is -1.88. The van der Waals surface area contributed by atoms with Gasteiger partial charge in [0, 0.05) is 13.5 Å². The predicted molar refractivity (Wildman–Crippen MR) is 95.9 cm³/mol. The maximum atomic E-state index is 13.2. The van der Waals surface area contributed by atoms with Gasteiger partial charge in [-0.2, -0.15) is 0 Å². The van der Waals surface area contributed by atoms with Gasteiger partial charge in [0.1, 0.15) is 12.1 Å². The number of nitrogens with zero attached hydrogens (tertiary/aromatic N) is 1. The maximum Gasteiger partial charge on any atom is 0.245 e. The van der Waals surface area contributed by atoms with Crippen molar-refractivity contribution in [1.82, 2.24) is 10.2 Å². The fourth-order valence-corrected chi connectivity index (χ4v) is 4.07. The van der Waals surface area contributed by atoms with Gasteiger partial charge in [0.25, 0.3) is 0 Å². The molecule has 136 valence electrons. The van der Waals surface area contributed by atoms with Gasteiger partial charge in [-0.05, 0) is 31.2 Å². The molecule has 0 aromatic heterocycles. The Kier molecular flexibility index (Phi) is 5.74. The fraction of sp³-hybridized carbons (Fsp3) is 0.600. The van der Waals surface area contributed by atoms with Crippen molar-refractivity contribution in [3.05, 3.63) is 35.9 Å². The van der Waals surface area contributed by atoms with Crippen LogP contribution in [0.15, 0.2) is 30.3 Å². The summed E-state index contributed by atoms with van der Waals surface area (Å²) in [6, 6.07) is 9.62. The highest BCUT2D eigenvalue weighted by Crippen LogP contribution is 2.31. The standard InChI is InChI=1S/C20H28N2O3/c1-14-12-22(13-18(25-14)16-8-4-3-5-9-16)20(24)19(21-15(2)23)17-10-6-7-11-17/h3-5,8-9,14,17-19H,6-7,10-13H2,1-2H3,(H,21,23)/t14-,18-,19+/m1/s1. The van der Waals surface area contributed by atoms with Crippen molar-refractivity contribution in [3.63, 3.8) is 0 Å². The summed E-state index contributed by atoms with van der Waals surface area (Å²) in [4.78, 5) is 26.7. The smallest absolute Gasteiger partial charge is 0.245 e. The Morgan fingerprint density at radius 1 is 1.16 bits per heavy atom. The van der Waals surface area contributed by atoms with E-state index in [0.717, 1.165) is 31.2 Å². The van der Waals surface area contributed by atoms with E-state index in [1.807, 2.05) is 42.2 Å². The highest BCUT2D eigenvalue weighted by atomic mass is 16.5. The van der Waals surface area contributed by atoms with E-state index in [4.69, 9.17) is 4.74 Å². The number of hydrogen-bond acceptors (Lipinski definition) is 3. The van der Waals surface area contributed by atoms with Crippen LogP contribution in [0.4, 0.5) is 0 Å². The molecule has 1 aromatic carbocycles. The first-order chi connectivity index (χ1) is 12.0. The van der Waals surface area contributed by atoms with Gasteiger partial charge >= 0.3 is 0 Å². The van der Waals surface area contributed by atoms with E-state index in [0.29, 0.717) is 13.1 Å². The summed E-state index contributed by atoms with van der Waals surface area (Å²) in [7, 11) is 0. The third-order valence-corrected chi connectivity index (χ3v) is 5.24. The summed E-state index contributed by atoms with van der Waals surface area (Å²) in [5, 5.41) is 2.92. The van der Waals surface area contributed by atoms with E-state index < -0.39 is 6.04 Å². The molecule has 1 aliphatic heterocycles. The molecule has 1 aromatic rings. The highest BCUT2D eigenvalue weighted by molar-refractivity contribution is 5.87. The molecule has 2 fully saturated rings. The first-order valence-corrected chi connectivity index (χ1v) is 9.31. The van der Waals surface area contributed by atoms with Crippen LogP contribution in [0.1, 0.15) is 51.2 Å². The quantitative estimate of drug-likeness (QED) is 0.913. The summed E-state index contributed by atoms with van der Waals surface area (Å²) in [5.41, 5.74) is 1.09. The van der Waals surface area contributed by atoms with Crippen LogP contribution in [0.5, 0.6) is 0 Å². The number of hydrogen-bond donors (Lipinski definition) is 1. The number of carbonyl (C=O) groups is 2. The second kappa shape index (κ2) is 8.00. The Balaban J connectivity index is 1.75. The molecular weight excluding hydrogens is 316 g/mol. The summed E-state index contributed by atoms with van der Waals surface area (Å²) >= 11 is 0. The number of amides is 2. The third kappa shape index (κ3) is 4.40. The molecule has 5 nitrogen and oxygen atoms in total. The van der Waals surface area contributed by atoms with Gasteiger partial charge < -0.3 is 15.0 Å². The van der Waals surface area contributed by atoms with Gasteiger partial charge in [-0.25, -0.2) is 0 Å². The molecule has 2 aliphatic rings. The lowest BCUT2D eigenvalue weighted by Crippen LogP contribution is -2.55. The first kappa shape index (κ1) is 17.9. The maximum absolute atomic E-state index is 13.2. The average Bonchev–Trinajstić information content (AvgIpc) is 3.13. The molecule has 1 aliphatic carbocycles. The van der Waals surface area contributed by atoms with Gasteiger partial charge in [-0.1, -0.05) is 43.2 Å². The topological polar surface area (TPSA) is 58.6 Å². The van der Waals surface area contributed by atoms with Crippen LogP contribution in [-0.2, 0) is 14.3 Å². The van der Waals surface area contributed by atoms with Crippen molar-refractivity contribution in [3.8, 4) is 0 Å². The molecule has 1 saturated heterocycles. The number of carbonyl (C=O) groups excluding carboxylic acids is 2. The van der Waals surface area contributed by atoms with Crippen molar-refractivity contribution in [2.24, 2.45) is 5.92 Å². The first-order valence-electron chi connectivity index (χ1n) is 9.31. The van der Waals surface area contributed by atoms with Gasteiger partial charge in [0.05, 0.1) is 12.6 Å². The Morgan fingerprint density at radius 2 is 1.84 bits per heavy atom. The van der Waals surface area contributed by atoms with Gasteiger partial charge in [-0.3, -0.25) is 9.59 Å². The SMILES string of the molecule is CC(=O)N[C@H](C(=O)N1C[C@@H](C)O[C@@H](c2ccccc2)C1)C1CCCC1. The zero-order valence-corrected chi connectivity index (χ0v) is 15.1. The Bertz CT molecular complexity index is 598. The number of morpholine rings is 1. The largest absolute Gasteiger partial charge is 0.367 e. The minimum atomic E-state index is -0.401. The second-order valence-electron chi connectivity index (χ2n) is 7.31. The van der Waals surface area contributed by atoms with Crippen molar-refractivity contribution >= 4 is 11.8 Å². The average molecular weight is 344 g/mol. The van der Waals surface area contributed by atoms with Gasteiger partial charge in [0.15, 0.2) is 0 Å². The molecule has 1 heterocycles. The number of benzene rings is 1. The number of rotatable bonds is 4. The van der Waals surface area contributed by atoms with E-state index in [1.165, 1.54) is 6.92 Å². The van der Waals surface area contributed by atoms with E-state index in [1.54, 1.807) is 0 Å². The van der Waals surface area contributed by atoms with E-state index >= 15 is 0 Å². The monoisotopic (exact) mass is 344 g/mol. The summed E-state index contributed by atoms with van der Waals surface area (Å²) in [6.07, 6.45) is 4.16. The van der Waals surface area contributed by atoms with Gasteiger partial charge in [0.2, 0.25) is 11.8 Å². The van der Waals surface area contributed by atoms with Crippen LogP contribution in [0.25, 0.3) is 0 Å². The van der Waals surface area contributed by atoms with Crippen molar-refractivity contribution < 1.29 is 14.3 Å². The Morgan fingerprint density at radius 3 is 2.48 bits per heavy atom. The van der Waals surface area contributed by atoms with Crippen LogP contribution >= 0.6 is 0 Å². The molecule has 1 saturated carbocycles. The van der Waals surface area contributed by atoms with Crippen LogP contribution in [0.3, 0.4) is 0 Å². The van der Waals surface area contributed by atoms with E-state index in [9.17, 15) is 9.59 Å². The third-order valence-electron chi connectivity index (χ3n) is 5.24. The van der Waals surface area contributed by atoms with E-state index in [2.05, 4.69) is 5.32 Å². The molecule has 0 radical (unpaired) electrons. The molecule has 3 rings (SSSR count). The minimum absolute atomic E-state index is 0.0236. The predicted octanol–water partition coefficient (Wildman–Crippen LogP) is 2.67. The van der Waals surface area contributed by atoms with Gasteiger partial charge in [-0.15, -0.1) is 0 Å². The molecule has 25 heavy (non-hydrogen) atoms. The van der Waals surface area contributed by atoms with Crippen molar-refractivity contribution in [2.45, 2.75) is 57.8 Å². The second-order valence-corrected chi connectivity index (χ2v) is 7.31. The molecule has 1 N–H and O–H groups in total. The molecule has 0 bridgehead atoms. The molecular formula is C20H28N2O3. The molecule has 5 heteroatoms. The lowest BCUT2D eigenvalue weighted by atomic mass is 9.95. The van der Waals surface area contributed by atoms with Crippen LogP contribution < -0.4 is 5.32 Å². The zero-order chi connectivity index (χ0) is 17.8. The van der Waals surface area contributed by atoms with Crippen LogP contribution in [0.2, 0.25) is 0 Å². The minimum Gasteiger partial charge on any atom is -0.367 e. The number of nitrogens with one attached hydrogen (secondary N) is 1. The lowest BCUT2D eigenvalue weighted by Gasteiger charge is -2.39. The van der Waals surface area contributed by atoms with Crippen LogP contribution in [0, 0.1) is 5.92 Å².